The van der Waals surface area contributed by atoms with Gasteiger partial charge < -0.3 is 0 Å². The summed E-state index contributed by atoms with van der Waals surface area (Å²) in [6, 6.07) is 0. The van der Waals surface area contributed by atoms with Gasteiger partial charge in [-0.25, -0.2) is 0 Å². The van der Waals surface area contributed by atoms with Gasteiger partial charge in [-0.3, -0.25) is 0 Å². The Morgan fingerprint density at radius 1 is 1.00 bits per heavy atom. The number of rotatable bonds is 5. The Bertz CT molecular complexity index is 63.4. The first kappa shape index (κ1) is 14.9. The summed E-state index contributed by atoms with van der Waals surface area (Å²) in [5.74, 6) is 0.944. The minimum absolute atomic E-state index is 0.805. The molecule has 0 aromatic carbocycles. The van der Waals surface area contributed by atoms with E-state index in [9.17, 15) is 0 Å². The maximum atomic E-state index is 2.92. The van der Waals surface area contributed by atoms with Crippen LogP contribution in [0.15, 0.2) is 0 Å². The van der Waals surface area contributed by atoms with Crippen molar-refractivity contribution in [1.82, 2.24) is 0 Å². The lowest BCUT2D eigenvalue weighted by Gasteiger charge is -2.18. The minimum Gasteiger partial charge on any atom is -0.134 e. The van der Waals surface area contributed by atoms with E-state index in [1.165, 1.54) is 25.7 Å². The fraction of sp³-hybridized carbons (Fsp3) is 1.00. The third-order valence-electron chi connectivity index (χ3n) is 2.06. The van der Waals surface area contributed by atoms with E-state index < -0.39 is 0 Å². The molecule has 0 spiro atoms. The summed E-state index contributed by atoms with van der Waals surface area (Å²) in [5.41, 5.74) is 0.805. The van der Waals surface area contributed by atoms with Crippen LogP contribution in [0.5, 0.6) is 0 Å². The van der Waals surface area contributed by atoms with Crippen molar-refractivity contribution in [3.63, 3.8) is 0 Å². The highest BCUT2D eigenvalue weighted by Gasteiger charge is 2.10. The Labute approximate surface area is 81.7 Å². The van der Waals surface area contributed by atoms with Gasteiger partial charge in [0.05, 0.1) is 0 Å². The normalized spacial score (nSPS) is 12.2. The molecular weight excluding hydrogens is 163 g/mol. The van der Waals surface area contributed by atoms with Gasteiger partial charge in [-0.05, 0) is 11.6 Å². The molecule has 0 aliphatic rings. The van der Waals surface area contributed by atoms with Crippen LogP contribution < -0.4 is 0 Å². The lowest BCUT2D eigenvalue weighted by Crippen LogP contribution is -2.09. The lowest BCUT2D eigenvalue weighted by atomic mass is 9.95. The van der Waals surface area contributed by atoms with E-state index in [2.05, 4.69) is 30.0 Å². The van der Waals surface area contributed by atoms with Crippen LogP contribution in [0, 0.1) is 5.92 Å². The van der Waals surface area contributed by atoms with Crippen LogP contribution in [0.2, 0.25) is 0 Å². The van der Waals surface area contributed by atoms with Crippen LogP contribution in [0.4, 0.5) is 0 Å². The second-order valence-electron chi connectivity index (χ2n) is 3.20. The highest BCUT2D eigenvalue weighted by atomic mass is 31.0. The van der Waals surface area contributed by atoms with Crippen molar-refractivity contribution in [2.75, 3.05) is 0 Å². The molecule has 0 saturated carbocycles. The van der Waals surface area contributed by atoms with Gasteiger partial charge in [0.15, 0.2) is 0 Å². The molecule has 0 N–H and O–H groups in total. The van der Waals surface area contributed by atoms with Crippen LogP contribution in [-0.2, 0) is 0 Å². The highest BCUT2D eigenvalue weighted by molar-refractivity contribution is 7.17. The number of hydrogen-bond acceptors (Lipinski definition) is 0. The first-order chi connectivity index (χ1) is 5.72. The fourth-order valence-corrected chi connectivity index (χ4v) is 1.80. The van der Waals surface area contributed by atoms with Crippen LogP contribution in [0.25, 0.3) is 0 Å². The Kier molecular flexibility index (Phi) is 14.2. The van der Waals surface area contributed by atoms with Crippen LogP contribution >= 0.6 is 9.24 Å². The zero-order chi connectivity index (χ0) is 9.98. The van der Waals surface area contributed by atoms with Crippen molar-refractivity contribution >= 4 is 9.24 Å². The van der Waals surface area contributed by atoms with Crippen molar-refractivity contribution in [3.05, 3.63) is 0 Å². The van der Waals surface area contributed by atoms with Gasteiger partial charge >= 0.3 is 0 Å². The molecule has 0 radical (unpaired) electrons. The fourth-order valence-electron chi connectivity index (χ4n) is 1.41. The zero-order valence-corrected chi connectivity index (χ0v) is 10.7. The molecule has 0 bridgehead atoms. The molecule has 0 aliphatic heterocycles. The van der Waals surface area contributed by atoms with E-state index >= 15 is 0 Å². The van der Waals surface area contributed by atoms with Crippen LogP contribution in [0.1, 0.15) is 60.3 Å². The summed E-state index contributed by atoms with van der Waals surface area (Å²) in [6.07, 6.45) is 5.48. The van der Waals surface area contributed by atoms with Gasteiger partial charge in [0.1, 0.15) is 0 Å². The predicted octanol–water partition coefficient (Wildman–Crippen LogP) is 4.49. The Balaban J connectivity index is 0. The first-order valence-corrected chi connectivity index (χ1v) is 6.14. The topological polar surface area (TPSA) is 0 Å². The third-order valence-corrected chi connectivity index (χ3v) is 2.61. The Hall–Kier alpha value is 0.430. The molecule has 0 heterocycles. The van der Waals surface area contributed by atoms with E-state index in [4.69, 9.17) is 0 Å². The van der Waals surface area contributed by atoms with Crippen molar-refractivity contribution in [3.8, 4) is 0 Å². The summed E-state index contributed by atoms with van der Waals surface area (Å²) in [6.45, 7) is 10.9. The standard InChI is InChI=1S/C9H21P.C2H6/c1-4-6-9(7-5-2)8(3)10;1-2/h8-9H,4-7,10H2,1-3H3;1-2H3. The quantitative estimate of drug-likeness (QED) is 0.560. The lowest BCUT2D eigenvalue weighted by molar-refractivity contribution is 0.437. The van der Waals surface area contributed by atoms with Gasteiger partial charge in [-0.1, -0.05) is 60.3 Å². The molecule has 1 heteroatoms. The molecule has 0 nitrogen and oxygen atoms in total. The molecule has 76 valence electrons. The Morgan fingerprint density at radius 2 is 1.33 bits per heavy atom. The average molecular weight is 190 g/mol. The summed E-state index contributed by atoms with van der Waals surface area (Å²) in [7, 11) is 2.92. The van der Waals surface area contributed by atoms with Gasteiger partial charge in [0, 0.05) is 0 Å². The molecular formula is C11H27P. The molecule has 0 aromatic heterocycles. The summed E-state index contributed by atoms with van der Waals surface area (Å²) >= 11 is 0. The Morgan fingerprint density at radius 3 is 1.50 bits per heavy atom. The van der Waals surface area contributed by atoms with Gasteiger partial charge in [-0.15, -0.1) is 9.24 Å². The molecule has 0 fully saturated rings. The molecule has 0 aromatic rings. The van der Waals surface area contributed by atoms with Crippen molar-refractivity contribution in [2.45, 2.75) is 66.0 Å². The maximum Gasteiger partial charge on any atom is -0.0264 e. The van der Waals surface area contributed by atoms with E-state index in [0.717, 1.165) is 11.6 Å². The molecule has 0 aliphatic carbocycles. The van der Waals surface area contributed by atoms with Gasteiger partial charge in [-0.2, -0.15) is 0 Å². The molecule has 2 unspecified atom stereocenters. The molecule has 0 amide bonds. The molecule has 12 heavy (non-hydrogen) atoms. The maximum absolute atomic E-state index is 2.92. The van der Waals surface area contributed by atoms with Crippen molar-refractivity contribution in [2.24, 2.45) is 5.92 Å². The third kappa shape index (κ3) is 8.53. The average Bonchev–Trinajstić information content (AvgIpc) is 2.08. The summed E-state index contributed by atoms with van der Waals surface area (Å²) < 4.78 is 0. The van der Waals surface area contributed by atoms with Crippen LogP contribution in [-0.4, -0.2) is 5.66 Å². The first-order valence-electron chi connectivity index (χ1n) is 5.47. The summed E-state index contributed by atoms with van der Waals surface area (Å²) in [5, 5.41) is 0. The van der Waals surface area contributed by atoms with Crippen molar-refractivity contribution < 1.29 is 0 Å². The monoisotopic (exact) mass is 190 g/mol. The van der Waals surface area contributed by atoms with E-state index in [1.54, 1.807) is 0 Å². The van der Waals surface area contributed by atoms with E-state index in [-0.39, 0.29) is 0 Å². The number of hydrogen-bond donors (Lipinski definition) is 0. The SMILES string of the molecule is CC.CCCC(CCC)C(C)P. The second-order valence-corrected chi connectivity index (χ2v) is 4.25. The largest absolute Gasteiger partial charge is 0.134 e. The molecule has 2 atom stereocenters. The second kappa shape index (κ2) is 11.4. The molecule has 0 saturated heterocycles. The van der Waals surface area contributed by atoms with E-state index in [1.807, 2.05) is 13.8 Å². The van der Waals surface area contributed by atoms with Gasteiger partial charge in [0.2, 0.25) is 0 Å². The minimum atomic E-state index is 0.805. The van der Waals surface area contributed by atoms with Gasteiger partial charge in [0.25, 0.3) is 0 Å². The van der Waals surface area contributed by atoms with Crippen molar-refractivity contribution in [1.29, 1.82) is 0 Å². The highest BCUT2D eigenvalue weighted by Crippen LogP contribution is 2.22. The van der Waals surface area contributed by atoms with E-state index in [0.29, 0.717) is 0 Å². The molecule has 0 rings (SSSR count). The smallest absolute Gasteiger partial charge is 0.0264 e. The zero-order valence-electron chi connectivity index (χ0n) is 9.56. The predicted molar refractivity (Wildman–Crippen MR) is 63.8 cm³/mol. The summed E-state index contributed by atoms with van der Waals surface area (Å²) in [4.78, 5) is 0. The van der Waals surface area contributed by atoms with Crippen LogP contribution in [0.3, 0.4) is 0 Å².